The lowest BCUT2D eigenvalue weighted by Crippen LogP contribution is -2.46. The molecule has 1 aromatic carbocycles. The van der Waals surface area contributed by atoms with Crippen LogP contribution in [0.1, 0.15) is 31.1 Å². The molecule has 0 amide bonds. The first-order valence-electron chi connectivity index (χ1n) is 6.39. The Morgan fingerprint density at radius 3 is 2.43 bits per heavy atom. The van der Waals surface area contributed by atoms with E-state index in [1.165, 1.54) is 27.0 Å². The van der Waals surface area contributed by atoms with Gasteiger partial charge in [-0.3, -0.25) is 19.4 Å². The van der Waals surface area contributed by atoms with Crippen LogP contribution in [0, 0.1) is 5.92 Å². The van der Waals surface area contributed by atoms with Crippen molar-refractivity contribution in [2.24, 2.45) is 10.9 Å². The summed E-state index contributed by atoms with van der Waals surface area (Å²) >= 11 is 0. The summed E-state index contributed by atoms with van der Waals surface area (Å²) < 4.78 is 9.96. The molecule has 0 aromatic heterocycles. The number of rotatable bonds is 3. The van der Waals surface area contributed by atoms with E-state index in [4.69, 9.17) is 9.47 Å². The van der Waals surface area contributed by atoms with Crippen LogP contribution in [0.4, 0.5) is 5.69 Å². The summed E-state index contributed by atoms with van der Waals surface area (Å²) in [6.07, 6.45) is 1.17. The Morgan fingerprint density at radius 1 is 1.24 bits per heavy atom. The molecule has 0 atom stereocenters. The first-order valence-corrected chi connectivity index (χ1v) is 6.39. The van der Waals surface area contributed by atoms with Crippen molar-refractivity contribution in [1.82, 2.24) is 0 Å². The molecule has 0 N–H and O–H groups in total. The number of carbonyl (C=O) groups is 3. The van der Waals surface area contributed by atoms with Crippen LogP contribution in [-0.4, -0.2) is 29.7 Å². The maximum Gasteiger partial charge on any atom is 0.329 e. The summed E-state index contributed by atoms with van der Waals surface area (Å²) in [5.74, 6) is -3.96. The molecule has 1 heterocycles. The van der Waals surface area contributed by atoms with E-state index in [0.29, 0.717) is 11.3 Å². The first-order chi connectivity index (χ1) is 9.78. The minimum atomic E-state index is -1.26. The smallest absolute Gasteiger partial charge is 0.329 e. The molecule has 1 aromatic rings. The van der Waals surface area contributed by atoms with Gasteiger partial charge >= 0.3 is 11.9 Å². The molecule has 6 nitrogen and oxygen atoms in total. The SMILES string of the molecule is CC(=O)c1cccc(N=CC2C(=O)OC(C)(C)OC2=O)c1. The van der Waals surface area contributed by atoms with Gasteiger partial charge in [-0.1, -0.05) is 12.1 Å². The standard InChI is InChI=1S/C15H15NO5/c1-9(17)10-5-4-6-11(7-10)16-8-12-13(18)20-15(2,3)21-14(12)19/h4-8,12H,1-3H3. The van der Waals surface area contributed by atoms with E-state index >= 15 is 0 Å². The fraction of sp³-hybridized carbons (Fsp3) is 0.333. The van der Waals surface area contributed by atoms with E-state index in [2.05, 4.69) is 4.99 Å². The van der Waals surface area contributed by atoms with Gasteiger partial charge in [-0.2, -0.15) is 0 Å². The van der Waals surface area contributed by atoms with Gasteiger partial charge in [0.1, 0.15) is 0 Å². The topological polar surface area (TPSA) is 82.0 Å². The minimum Gasteiger partial charge on any atom is -0.422 e. The number of esters is 2. The van der Waals surface area contributed by atoms with Gasteiger partial charge in [0, 0.05) is 25.6 Å². The first kappa shape index (κ1) is 14.9. The lowest BCUT2D eigenvalue weighted by Gasteiger charge is -2.31. The van der Waals surface area contributed by atoms with Crippen LogP contribution in [0.5, 0.6) is 0 Å². The molecule has 0 aliphatic carbocycles. The largest absolute Gasteiger partial charge is 0.422 e. The number of hydrogen-bond acceptors (Lipinski definition) is 6. The van der Waals surface area contributed by atoms with Gasteiger partial charge in [0.05, 0.1) is 5.69 Å². The van der Waals surface area contributed by atoms with Gasteiger partial charge in [-0.15, -0.1) is 0 Å². The zero-order valence-electron chi connectivity index (χ0n) is 12.0. The van der Waals surface area contributed by atoms with Crippen LogP contribution in [0.25, 0.3) is 0 Å². The Balaban J connectivity index is 2.18. The third kappa shape index (κ3) is 3.53. The van der Waals surface area contributed by atoms with Crippen molar-refractivity contribution in [2.45, 2.75) is 26.6 Å². The van der Waals surface area contributed by atoms with E-state index in [-0.39, 0.29) is 5.78 Å². The average molecular weight is 289 g/mol. The van der Waals surface area contributed by atoms with Crippen molar-refractivity contribution in [2.75, 3.05) is 0 Å². The van der Waals surface area contributed by atoms with Crippen LogP contribution in [-0.2, 0) is 19.1 Å². The Labute approximate surface area is 121 Å². The van der Waals surface area contributed by atoms with Crippen molar-refractivity contribution >= 4 is 29.6 Å². The van der Waals surface area contributed by atoms with Crippen LogP contribution in [0.2, 0.25) is 0 Å². The molecule has 0 bridgehead atoms. The van der Waals surface area contributed by atoms with Gasteiger partial charge in [0.2, 0.25) is 0 Å². The highest BCUT2D eigenvalue weighted by molar-refractivity contribution is 6.10. The predicted molar refractivity (Wildman–Crippen MR) is 74.4 cm³/mol. The van der Waals surface area contributed by atoms with Crippen molar-refractivity contribution in [3.63, 3.8) is 0 Å². The van der Waals surface area contributed by atoms with Crippen LogP contribution >= 0.6 is 0 Å². The second kappa shape index (κ2) is 5.47. The van der Waals surface area contributed by atoms with E-state index < -0.39 is 23.6 Å². The van der Waals surface area contributed by atoms with Gasteiger partial charge < -0.3 is 9.47 Å². The second-order valence-electron chi connectivity index (χ2n) is 5.10. The summed E-state index contributed by atoms with van der Waals surface area (Å²) in [6, 6.07) is 6.56. The molecule has 21 heavy (non-hydrogen) atoms. The fourth-order valence-electron chi connectivity index (χ4n) is 1.82. The molecule has 110 valence electrons. The van der Waals surface area contributed by atoms with Gasteiger partial charge in [0.15, 0.2) is 11.7 Å². The van der Waals surface area contributed by atoms with Crippen molar-refractivity contribution in [1.29, 1.82) is 0 Å². The van der Waals surface area contributed by atoms with Gasteiger partial charge in [-0.05, 0) is 19.1 Å². The molecule has 0 spiro atoms. The van der Waals surface area contributed by atoms with Crippen LogP contribution < -0.4 is 0 Å². The monoisotopic (exact) mass is 289 g/mol. The fourth-order valence-corrected chi connectivity index (χ4v) is 1.82. The number of ketones is 1. The van der Waals surface area contributed by atoms with Gasteiger partial charge in [-0.25, -0.2) is 0 Å². The van der Waals surface area contributed by atoms with E-state index in [9.17, 15) is 14.4 Å². The third-order valence-electron chi connectivity index (χ3n) is 2.83. The summed E-state index contributed by atoms with van der Waals surface area (Å²) in [5.41, 5.74) is 0.965. The minimum absolute atomic E-state index is 0.0923. The van der Waals surface area contributed by atoms with E-state index in [1.807, 2.05) is 0 Å². The Kier molecular flexibility index (Phi) is 3.88. The third-order valence-corrected chi connectivity index (χ3v) is 2.83. The zero-order valence-corrected chi connectivity index (χ0v) is 12.0. The molecule has 1 saturated heterocycles. The summed E-state index contributed by atoms with van der Waals surface area (Å²) in [4.78, 5) is 38.8. The highest BCUT2D eigenvalue weighted by Gasteiger charge is 2.42. The molecule has 0 saturated carbocycles. The second-order valence-corrected chi connectivity index (χ2v) is 5.10. The number of aliphatic imine (C=N–C) groups is 1. The molecular weight excluding hydrogens is 274 g/mol. The van der Waals surface area contributed by atoms with E-state index in [0.717, 1.165) is 0 Å². The average Bonchev–Trinajstić information content (AvgIpc) is 2.36. The predicted octanol–water partition coefficient (Wildman–Crippen LogP) is 2.04. The van der Waals surface area contributed by atoms with E-state index in [1.54, 1.807) is 24.3 Å². The highest BCUT2D eigenvalue weighted by Crippen LogP contribution is 2.23. The Bertz CT molecular complexity index is 613. The number of hydrogen-bond donors (Lipinski definition) is 0. The number of benzene rings is 1. The van der Waals surface area contributed by atoms with Crippen LogP contribution in [0.3, 0.4) is 0 Å². The Hall–Kier alpha value is -2.50. The molecule has 6 heteroatoms. The molecule has 1 aliphatic rings. The molecular formula is C15H15NO5. The summed E-state index contributed by atoms with van der Waals surface area (Å²) in [6.45, 7) is 4.40. The number of Topliss-reactive ketones (excluding diaryl/α,β-unsaturated/α-hetero) is 1. The lowest BCUT2D eigenvalue weighted by molar-refractivity contribution is -0.235. The molecule has 0 unspecified atom stereocenters. The Morgan fingerprint density at radius 2 is 1.86 bits per heavy atom. The zero-order chi connectivity index (χ0) is 15.6. The molecule has 0 radical (unpaired) electrons. The molecule has 2 rings (SSSR count). The van der Waals surface area contributed by atoms with Crippen molar-refractivity contribution < 1.29 is 23.9 Å². The van der Waals surface area contributed by atoms with Crippen molar-refractivity contribution in [3.05, 3.63) is 29.8 Å². The van der Waals surface area contributed by atoms with Crippen LogP contribution in [0.15, 0.2) is 29.3 Å². The number of cyclic esters (lactones) is 2. The van der Waals surface area contributed by atoms with Gasteiger partial charge in [0.25, 0.3) is 5.79 Å². The molecule has 1 aliphatic heterocycles. The quantitative estimate of drug-likeness (QED) is 0.368. The normalized spacial score (nSPS) is 18.4. The number of nitrogens with zero attached hydrogens (tertiary/aromatic N) is 1. The summed E-state index contributed by atoms with van der Waals surface area (Å²) in [5, 5.41) is 0. The van der Waals surface area contributed by atoms with Crippen molar-refractivity contribution in [3.8, 4) is 0 Å². The number of ether oxygens (including phenoxy) is 2. The number of carbonyl (C=O) groups excluding carboxylic acids is 3. The maximum atomic E-state index is 11.7. The highest BCUT2D eigenvalue weighted by atomic mass is 16.7. The molecule has 1 fully saturated rings. The summed E-state index contributed by atoms with van der Waals surface area (Å²) in [7, 11) is 0. The maximum absolute atomic E-state index is 11.7. The lowest BCUT2D eigenvalue weighted by atomic mass is 10.1.